The molecule has 172 valence electrons. The lowest BCUT2D eigenvalue weighted by Gasteiger charge is -2.26. The third-order valence-corrected chi connectivity index (χ3v) is 5.28. The van der Waals surface area contributed by atoms with Crippen LogP contribution in [-0.4, -0.2) is 88.0 Å². The Kier molecular flexibility index (Phi) is 7.61. The van der Waals surface area contributed by atoms with Gasteiger partial charge in [-0.3, -0.25) is 18.7 Å². The summed E-state index contributed by atoms with van der Waals surface area (Å²) in [5.74, 6) is -0.950. The van der Waals surface area contributed by atoms with Crippen LogP contribution in [0.4, 0.5) is 0 Å². The van der Waals surface area contributed by atoms with Gasteiger partial charge in [0.05, 0.1) is 18.8 Å². The van der Waals surface area contributed by atoms with Gasteiger partial charge in [0.15, 0.2) is 5.76 Å². The van der Waals surface area contributed by atoms with Crippen molar-refractivity contribution in [1.82, 2.24) is 9.80 Å². The van der Waals surface area contributed by atoms with E-state index in [9.17, 15) is 26.4 Å². The van der Waals surface area contributed by atoms with E-state index >= 15 is 0 Å². The molecule has 2 aromatic rings. The molecule has 3 heterocycles. The van der Waals surface area contributed by atoms with Crippen LogP contribution in [0.25, 0.3) is 0 Å². The SMILES string of the molecule is CN(C)C(=O)c1ccc(S(=O)(=O)O)o1.O=C(c1coc(S(=O)(=O)O)c1)N1CCOCC1. The first-order valence-corrected chi connectivity index (χ1v) is 11.4. The average molecular weight is 480 g/mol. The lowest BCUT2D eigenvalue weighted by Crippen LogP contribution is -2.40. The number of rotatable bonds is 4. The summed E-state index contributed by atoms with van der Waals surface area (Å²) in [5, 5.41) is -1.27. The Bertz CT molecular complexity index is 1140. The zero-order chi connectivity index (χ0) is 23.4. The second kappa shape index (κ2) is 9.61. The Morgan fingerprint density at radius 2 is 1.58 bits per heavy atom. The van der Waals surface area contributed by atoms with Gasteiger partial charge in [-0.05, 0) is 12.1 Å². The molecule has 2 amide bonds. The van der Waals surface area contributed by atoms with E-state index < -0.39 is 36.3 Å². The van der Waals surface area contributed by atoms with Gasteiger partial charge in [0.1, 0.15) is 6.26 Å². The van der Waals surface area contributed by atoms with Crippen molar-refractivity contribution in [3.05, 3.63) is 35.8 Å². The third kappa shape index (κ3) is 6.63. The van der Waals surface area contributed by atoms with Crippen molar-refractivity contribution in [2.45, 2.75) is 10.2 Å². The number of ether oxygens (including phenoxy) is 1. The minimum atomic E-state index is -4.41. The minimum Gasteiger partial charge on any atom is -0.450 e. The van der Waals surface area contributed by atoms with Crippen molar-refractivity contribution in [3.63, 3.8) is 0 Å². The third-order valence-electron chi connectivity index (χ3n) is 3.83. The number of hydrogen-bond acceptors (Lipinski definition) is 9. The first-order chi connectivity index (χ1) is 14.3. The number of nitrogens with zero attached hydrogens (tertiary/aromatic N) is 2. The van der Waals surface area contributed by atoms with Crippen LogP contribution in [0.5, 0.6) is 0 Å². The van der Waals surface area contributed by atoms with Gasteiger partial charge in [-0.1, -0.05) is 0 Å². The van der Waals surface area contributed by atoms with E-state index in [1.54, 1.807) is 0 Å². The zero-order valence-corrected chi connectivity index (χ0v) is 18.1. The molecule has 0 bridgehead atoms. The highest BCUT2D eigenvalue weighted by Crippen LogP contribution is 2.16. The monoisotopic (exact) mass is 480 g/mol. The average Bonchev–Trinajstić information content (AvgIpc) is 3.37. The van der Waals surface area contributed by atoms with Crippen molar-refractivity contribution in [2.24, 2.45) is 0 Å². The highest BCUT2D eigenvalue weighted by Gasteiger charge is 2.23. The fourth-order valence-electron chi connectivity index (χ4n) is 2.31. The summed E-state index contributed by atoms with van der Waals surface area (Å²) in [6.07, 6.45) is 1.01. The van der Waals surface area contributed by atoms with Crippen molar-refractivity contribution >= 4 is 32.1 Å². The van der Waals surface area contributed by atoms with Crippen molar-refractivity contribution < 1.29 is 49.1 Å². The molecular formula is C16H20N2O11S2. The number of furan rings is 2. The molecule has 1 fully saturated rings. The smallest absolute Gasteiger partial charge is 0.328 e. The predicted octanol–water partition coefficient (Wildman–Crippen LogP) is 0.227. The van der Waals surface area contributed by atoms with Gasteiger partial charge in [-0.2, -0.15) is 16.8 Å². The second-order valence-corrected chi connectivity index (χ2v) is 9.03. The van der Waals surface area contributed by atoms with Gasteiger partial charge in [0, 0.05) is 33.3 Å². The Balaban J connectivity index is 0.000000225. The summed E-state index contributed by atoms with van der Waals surface area (Å²) in [4.78, 5) is 25.9. The molecule has 31 heavy (non-hydrogen) atoms. The highest BCUT2D eigenvalue weighted by molar-refractivity contribution is 7.85. The van der Waals surface area contributed by atoms with Crippen molar-refractivity contribution in [2.75, 3.05) is 40.4 Å². The molecule has 0 radical (unpaired) electrons. The van der Waals surface area contributed by atoms with E-state index in [2.05, 4.69) is 8.83 Å². The van der Waals surface area contributed by atoms with Crippen molar-refractivity contribution in [1.29, 1.82) is 0 Å². The molecule has 15 heteroatoms. The molecule has 0 aliphatic carbocycles. The molecule has 2 aromatic heterocycles. The maximum atomic E-state index is 11.9. The fraction of sp³-hybridized carbons (Fsp3) is 0.375. The molecule has 3 rings (SSSR count). The minimum absolute atomic E-state index is 0.0968. The van der Waals surface area contributed by atoms with Crippen LogP contribution in [0.1, 0.15) is 20.9 Å². The van der Waals surface area contributed by atoms with E-state index in [0.717, 1.165) is 18.4 Å². The van der Waals surface area contributed by atoms with Gasteiger partial charge >= 0.3 is 20.2 Å². The van der Waals surface area contributed by atoms with Crippen LogP contribution in [0.15, 0.2) is 43.5 Å². The van der Waals surface area contributed by atoms with Crippen LogP contribution >= 0.6 is 0 Å². The lowest BCUT2D eigenvalue weighted by atomic mass is 10.3. The zero-order valence-electron chi connectivity index (χ0n) is 16.4. The van der Waals surface area contributed by atoms with E-state index in [-0.39, 0.29) is 17.2 Å². The van der Waals surface area contributed by atoms with Gasteiger partial charge in [0.25, 0.3) is 11.8 Å². The molecular weight excluding hydrogens is 460 g/mol. The summed E-state index contributed by atoms with van der Waals surface area (Å²) >= 11 is 0. The summed E-state index contributed by atoms with van der Waals surface area (Å²) in [7, 11) is -5.79. The Morgan fingerprint density at radius 1 is 1.00 bits per heavy atom. The van der Waals surface area contributed by atoms with Crippen LogP contribution in [0.2, 0.25) is 0 Å². The summed E-state index contributed by atoms with van der Waals surface area (Å²) in [6, 6.07) is 3.21. The summed E-state index contributed by atoms with van der Waals surface area (Å²) in [5.41, 5.74) is 0.0968. The Labute approximate surface area is 177 Å². The van der Waals surface area contributed by atoms with Gasteiger partial charge in [-0.15, -0.1) is 0 Å². The van der Waals surface area contributed by atoms with E-state index in [1.165, 1.54) is 30.0 Å². The number of carbonyl (C=O) groups is 2. The molecule has 0 spiro atoms. The summed E-state index contributed by atoms with van der Waals surface area (Å²) < 4.78 is 74.3. The van der Waals surface area contributed by atoms with Gasteiger partial charge in [-0.25, -0.2) is 0 Å². The normalized spacial score (nSPS) is 14.5. The first-order valence-electron chi connectivity index (χ1n) is 8.52. The van der Waals surface area contributed by atoms with Crippen LogP contribution < -0.4 is 0 Å². The standard InChI is InChI=1S/C9H11NO6S.C7H9NO5S/c11-9(10-1-3-15-4-2-10)7-5-8(16-6-7)17(12,13)14;1-8(2)7(9)5-3-4-6(13-5)14(10,11)12/h5-6H,1-4H2,(H,12,13,14);3-4H,1-2H3,(H,10,11,12). The Hall–Kier alpha value is -2.72. The van der Waals surface area contributed by atoms with Crippen LogP contribution in [0.3, 0.4) is 0 Å². The number of hydrogen-bond donors (Lipinski definition) is 2. The number of amides is 2. The number of carbonyl (C=O) groups excluding carboxylic acids is 2. The molecule has 0 saturated carbocycles. The topological polar surface area (TPSA) is 185 Å². The fourth-order valence-corrected chi connectivity index (χ4v) is 3.19. The molecule has 1 aliphatic heterocycles. The van der Waals surface area contributed by atoms with Crippen LogP contribution in [-0.2, 0) is 25.0 Å². The highest BCUT2D eigenvalue weighted by atomic mass is 32.2. The number of morpholine rings is 1. The van der Waals surface area contributed by atoms with E-state index in [0.29, 0.717) is 26.3 Å². The van der Waals surface area contributed by atoms with Gasteiger partial charge < -0.3 is 23.4 Å². The summed E-state index contributed by atoms with van der Waals surface area (Å²) in [6.45, 7) is 1.81. The quantitative estimate of drug-likeness (QED) is 0.571. The van der Waals surface area contributed by atoms with Gasteiger partial charge in [0.2, 0.25) is 10.2 Å². The molecule has 1 saturated heterocycles. The second-order valence-electron chi connectivity index (χ2n) is 6.33. The maximum Gasteiger partial charge on any atom is 0.328 e. The molecule has 0 unspecified atom stereocenters. The largest absolute Gasteiger partial charge is 0.450 e. The molecule has 2 N–H and O–H groups in total. The first kappa shape index (κ1) is 24.5. The van der Waals surface area contributed by atoms with E-state index in [4.69, 9.17) is 13.8 Å². The predicted molar refractivity (Wildman–Crippen MR) is 102 cm³/mol. The Morgan fingerprint density at radius 3 is 2.03 bits per heavy atom. The van der Waals surface area contributed by atoms with E-state index in [1.807, 2.05) is 0 Å². The van der Waals surface area contributed by atoms with Crippen LogP contribution in [0, 0.1) is 0 Å². The maximum absolute atomic E-state index is 11.9. The molecule has 13 nitrogen and oxygen atoms in total. The molecule has 1 aliphatic rings. The molecule has 0 aromatic carbocycles. The lowest BCUT2D eigenvalue weighted by molar-refractivity contribution is 0.0302. The molecule has 0 atom stereocenters. The van der Waals surface area contributed by atoms with Crippen molar-refractivity contribution in [3.8, 4) is 0 Å².